The third-order valence-corrected chi connectivity index (χ3v) is 1.99. The van der Waals surface area contributed by atoms with Crippen molar-refractivity contribution in [1.82, 2.24) is 0 Å². The molecule has 0 atom stereocenters. The molecule has 14 heavy (non-hydrogen) atoms. The van der Waals surface area contributed by atoms with Gasteiger partial charge >= 0.3 is 0 Å². The van der Waals surface area contributed by atoms with Crippen LogP contribution < -0.4 is 10.5 Å². The number of ether oxygens (including phenoxy) is 1. The maximum Gasteiger partial charge on any atom is 0.118 e. The summed E-state index contributed by atoms with van der Waals surface area (Å²) in [6.07, 6.45) is 0.802. The average molecular weight is 192 g/mol. The Bertz CT molecular complexity index is 304. The Morgan fingerprint density at radius 3 is 2.50 bits per heavy atom. The fourth-order valence-corrected chi connectivity index (χ4v) is 1.04. The van der Waals surface area contributed by atoms with Gasteiger partial charge in [0.05, 0.1) is 19.5 Å². The van der Waals surface area contributed by atoms with E-state index in [-0.39, 0.29) is 0 Å². The standard InChI is InChI=1S/C11H16N2O/c1-3-11(12)13-8-9-4-6-10(14-2)7-5-9/h4-7H,3,8H2,1-2H3,(H2,12,13). The molecule has 0 radical (unpaired) electrons. The fraction of sp³-hybridized carbons (Fsp3) is 0.364. The lowest BCUT2D eigenvalue weighted by Gasteiger charge is -2.01. The van der Waals surface area contributed by atoms with Gasteiger partial charge in [-0.15, -0.1) is 0 Å². The number of rotatable bonds is 4. The molecule has 0 spiro atoms. The Balaban J connectivity index is 2.60. The van der Waals surface area contributed by atoms with E-state index in [1.54, 1.807) is 7.11 Å². The van der Waals surface area contributed by atoms with Gasteiger partial charge in [0.2, 0.25) is 0 Å². The third-order valence-electron chi connectivity index (χ3n) is 1.99. The van der Waals surface area contributed by atoms with Crippen molar-refractivity contribution in [3.8, 4) is 5.75 Å². The first-order chi connectivity index (χ1) is 6.76. The van der Waals surface area contributed by atoms with Crippen molar-refractivity contribution < 1.29 is 4.74 Å². The highest BCUT2D eigenvalue weighted by Gasteiger charge is 1.93. The van der Waals surface area contributed by atoms with E-state index in [0.29, 0.717) is 12.4 Å². The normalized spacial score (nSPS) is 11.4. The highest BCUT2D eigenvalue weighted by molar-refractivity contribution is 5.79. The van der Waals surface area contributed by atoms with E-state index in [1.165, 1.54) is 0 Å². The Labute approximate surface area is 84.6 Å². The molecule has 3 nitrogen and oxygen atoms in total. The van der Waals surface area contributed by atoms with Crippen LogP contribution in [0.5, 0.6) is 5.75 Å². The molecule has 0 aliphatic carbocycles. The van der Waals surface area contributed by atoms with Gasteiger partial charge in [-0.3, -0.25) is 4.99 Å². The van der Waals surface area contributed by atoms with Gasteiger partial charge in [-0.1, -0.05) is 19.1 Å². The van der Waals surface area contributed by atoms with Crippen LogP contribution in [0.25, 0.3) is 0 Å². The molecule has 0 unspecified atom stereocenters. The lowest BCUT2D eigenvalue weighted by Crippen LogP contribution is -2.09. The molecule has 1 rings (SSSR count). The maximum atomic E-state index is 5.60. The summed E-state index contributed by atoms with van der Waals surface area (Å²) in [6.45, 7) is 2.64. The van der Waals surface area contributed by atoms with Crippen LogP contribution in [0.15, 0.2) is 29.3 Å². The topological polar surface area (TPSA) is 47.6 Å². The smallest absolute Gasteiger partial charge is 0.118 e. The summed E-state index contributed by atoms with van der Waals surface area (Å²) in [7, 11) is 1.65. The van der Waals surface area contributed by atoms with Crippen LogP contribution >= 0.6 is 0 Å². The number of nitrogens with zero attached hydrogens (tertiary/aromatic N) is 1. The fourth-order valence-electron chi connectivity index (χ4n) is 1.04. The van der Waals surface area contributed by atoms with Crippen LogP contribution in [0.4, 0.5) is 0 Å². The highest BCUT2D eigenvalue weighted by atomic mass is 16.5. The van der Waals surface area contributed by atoms with Gasteiger partial charge in [-0.05, 0) is 17.7 Å². The molecule has 1 aromatic rings. The second-order valence-corrected chi connectivity index (χ2v) is 3.01. The number of amidine groups is 1. The zero-order valence-electron chi connectivity index (χ0n) is 8.66. The molecule has 0 saturated heterocycles. The summed E-state index contributed by atoms with van der Waals surface area (Å²) < 4.78 is 5.06. The minimum Gasteiger partial charge on any atom is -0.497 e. The number of methoxy groups -OCH3 is 1. The number of hydrogen-bond acceptors (Lipinski definition) is 2. The first-order valence-corrected chi connectivity index (χ1v) is 4.68. The van der Waals surface area contributed by atoms with E-state index in [1.807, 2.05) is 31.2 Å². The Hall–Kier alpha value is -1.51. The molecule has 3 heteroatoms. The van der Waals surface area contributed by atoms with Crippen LogP contribution in [-0.2, 0) is 6.54 Å². The van der Waals surface area contributed by atoms with Crippen LogP contribution in [0.2, 0.25) is 0 Å². The summed E-state index contributed by atoms with van der Waals surface area (Å²) in [5.41, 5.74) is 6.74. The van der Waals surface area contributed by atoms with Crippen LogP contribution in [-0.4, -0.2) is 12.9 Å². The van der Waals surface area contributed by atoms with Gasteiger partial charge in [0, 0.05) is 6.42 Å². The van der Waals surface area contributed by atoms with E-state index >= 15 is 0 Å². The molecular weight excluding hydrogens is 176 g/mol. The van der Waals surface area contributed by atoms with E-state index in [0.717, 1.165) is 17.7 Å². The van der Waals surface area contributed by atoms with Gasteiger partial charge in [-0.2, -0.15) is 0 Å². The van der Waals surface area contributed by atoms with Gasteiger partial charge < -0.3 is 10.5 Å². The molecular formula is C11H16N2O. The van der Waals surface area contributed by atoms with Gasteiger partial charge in [0.15, 0.2) is 0 Å². The van der Waals surface area contributed by atoms with Crippen molar-refractivity contribution in [2.24, 2.45) is 10.7 Å². The van der Waals surface area contributed by atoms with Gasteiger partial charge in [-0.25, -0.2) is 0 Å². The number of hydrogen-bond donors (Lipinski definition) is 1. The first kappa shape index (κ1) is 10.6. The minimum absolute atomic E-state index is 0.643. The van der Waals surface area contributed by atoms with Crippen molar-refractivity contribution in [3.63, 3.8) is 0 Å². The summed E-state index contributed by atoms with van der Waals surface area (Å²) in [4.78, 5) is 4.22. The SMILES string of the molecule is CCC(N)=NCc1ccc(OC)cc1. The van der Waals surface area contributed by atoms with Crippen LogP contribution in [0, 0.1) is 0 Å². The van der Waals surface area contributed by atoms with E-state index in [9.17, 15) is 0 Å². The van der Waals surface area contributed by atoms with Crippen LogP contribution in [0.1, 0.15) is 18.9 Å². The number of nitrogens with two attached hydrogens (primary N) is 1. The summed E-state index contributed by atoms with van der Waals surface area (Å²) in [5.74, 6) is 1.56. The predicted molar refractivity (Wildman–Crippen MR) is 58.6 cm³/mol. The van der Waals surface area contributed by atoms with Gasteiger partial charge in [0.1, 0.15) is 5.75 Å². The zero-order valence-corrected chi connectivity index (χ0v) is 8.66. The Kier molecular flexibility index (Phi) is 3.98. The summed E-state index contributed by atoms with van der Waals surface area (Å²) in [5, 5.41) is 0. The Morgan fingerprint density at radius 1 is 1.36 bits per heavy atom. The van der Waals surface area contributed by atoms with Crippen molar-refractivity contribution in [2.75, 3.05) is 7.11 Å². The molecule has 0 aromatic heterocycles. The number of benzene rings is 1. The molecule has 0 fully saturated rings. The van der Waals surface area contributed by atoms with Crippen molar-refractivity contribution in [1.29, 1.82) is 0 Å². The molecule has 0 aliphatic rings. The van der Waals surface area contributed by atoms with Crippen molar-refractivity contribution in [3.05, 3.63) is 29.8 Å². The van der Waals surface area contributed by atoms with E-state index < -0.39 is 0 Å². The minimum atomic E-state index is 0.643. The lowest BCUT2D eigenvalue weighted by atomic mass is 10.2. The maximum absolute atomic E-state index is 5.60. The van der Waals surface area contributed by atoms with E-state index in [2.05, 4.69) is 4.99 Å². The molecule has 0 amide bonds. The largest absolute Gasteiger partial charge is 0.497 e. The quantitative estimate of drug-likeness (QED) is 0.585. The predicted octanol–water partition coefficient (Wildman–Crippen LogP) is 1.96. The second-order valence-electron chi connectivity index (χ2n) is 3.01. The molecule has 0 saturated carbocycles. The van der Waals surface area contributed by atoms with Crippen LogP contribution in [0.3, 0.4) is 0 Å². The lowest BCUT2D eigenvalue weighted by molar-refractivity contribution is 0.414. The molecule has 0 aliphatic heterocycles. The van der Waals surface area contributed by atoms with Crippen molar-refractivity contribution >= 4 is 5.84 Å². The van der Waals surface area contributed by atoms with E-state index in [4.69, 9.17) is 10.5 Å². The molecule has 2 N–H and O–H groups in total. The summed E-state index contributed by atoms with van der Waals surface area (Å²) in [6, 6.07) is 7.83. The molecule has 76 valence electrons. The third kappa shape index (κ3) is 3.09. The highest BCUT2D eigenvalue weighted by Crippen LogP contribution is 2.11. The average Bonchev–Trinajstić information content (AvgIpc) is 2.26. The zero-order chi connectivity index (χ0) is 10.4. The molecule has 0 heterocycles. The monoisotopic (exact) mass is 192 g/mol. The van der Waals surface area contributed by atoms with Gasteiger partial charge in [0.25, 0.3) is 0 Å². The first-order valence-electron chi connectivity index (χ1n) is 4.68. The molecule has 0 bridgehead atoms. The summed E-state index contributed by atoms with van der Waals surface area (Å²) >= 11 is 0. The second kappa shape index (κ2) is 5.27. The van der Waals surface area contributed by atoms with Crippen molar-refractivity contribution in [2.45, 2.75) is 19.9 Å². The molecule has 1 aromatic carbocycles. The number of aliphatic imine (C=N–C) groups is 1. The Morgan fingerprint density at radius 2 is 2.00 bits per heavy atom.